The molecule has 1 aromatic carbocycles. The van der Waals surface area contributed by atoms with E-state index in [1.165, 1.54) is 18.9 Å². The Labute approximate surface area is 166 Å². The quantitative estimate of drug-likeness (QED) is 0.456. The highest BCUT2D eigenvalue weighted by molar-refractivity contribution is 5.83. The topological polar surface area (TPSA) is 64.7 Å². The Kier molecular flexibility index (Phi) is 7.68. The van der Waals surface area contributed by atoms with Crippen molar-refractivity contribution < 1.29 is 9.13 Å². The summed E-state index contributed by atoms with van der Waals surface area (Å²) in [5.74, 6) is 0.637. The molecule has 3 N–H and O–H groups in total. The minimum absolute atomic E-state index is 0.203. The summed E-state index contributed by atoms with van der Waals surface area (Å²) >= 11 is 0. The Hall–Kier alpha value is -2.12. The summed E-state index contributed by atoms with van der Waals surface area (Å²) in [5.41, 5.74) is 2.08. The van der Waals surface area contributed by atoms with Gasteiger partial charge in [-0.25, -0.2) is 4.39 Å². The second kappa shape index (κ2) is 10.4. The molecule has 6 nitrogen and oxygen atoms in total. The summed E-state index contributed by atoms with van der Waals surface area (Å²) in [7, 11) is 1.75. The van der Waals surface area contributed by atoms with E-state index in [1.54, 1.807) is 19.2 Å². The molecular formula is C21H32FN5O. The molecule has 1 fully saturated rings. The molecule has 154 valence electrons. The molecular weight excluding hydrogens is 357 g/mol. The number of hydrogen-bond donors (Lipinski definition) is 3. The molecule has 7 heteroatoms. The number of nitrogens with zero attached hydrogens (tertiary/aromatic N) is 2. The van der Waals surface area contributed by atoms with Crippen molar-refractivity contribution in [2.24, 2.45) is 4.99 Å². The van der Waals surface area contributed by atoms with Crippen molar-refractivity contribution >= 4 is 16.9 Å². The van der Waals surface area contributed by atoms with Crippen LogP contribution in [-0.2, 0) is 11.2 Å². The number of aromatic nitrogens is 1. The van der Waals surface area contributed by atoms with Gasteiger partial charge in [-0.1, -0.05) is 0 Å². The van der Waals surface area contributed by atoms with E-state index in [1.807, 2.05) is 6.20 Å². The third-order valence-electron chi connectivity index (χ3n) is 5.30. The smallest absolute Gasteiger partial charge is 0.191 e. The number of rotatable bonds is 9. The highest BCUT2D eigenvalue weighted by Gasteiger charge is 2.23. The molecule has 1 aliphatic rings. The molecule has 0 amide bonds. The van der Waals surface area contributed by atoms with Crippen LogP contribution in [0.3, 0.4) is 0 Å². The van der Waals surface area contributed by atoms with Crippen molar-refractivity contribution in [3.63, 3.8) is 0 Å². The molecule has 1 saturated heterocycles. The Balaban J connectivity index is 1.53. The van der Waals surface area contributed by atoms with Crippen molar-refractivity contribution in [1.29, 1.82) is 0 Å². The maximum Gasteiger partial charge on any atom is 0.191 e. The van der Waals surface area contributed by atoms with Crippen LogP contribution in [0, 0.1) is 5.82 Å². The van der Waals surface area contributed by atoms with Gasteiger partial charge in [0.25, 0.3) is 0 Å². The van der Waals surface area contributed by atoms with E-state index in [2.05, 4.69) is 27.4 Å². The summed E-state index contributed by atoms with van der Waals surface area (Å²) in [5, 5.41) is 7.67. The number of H-pyrrole nitrogens is 1. The maximum absolute atomic E-state index is 13.5. The molecule has 0 aliphatic carbocycles. The van der Waals surface area contributed by atoms with Gasteiger partial charge in [0.2, 0.25) is 0 Å². The van der Waals surface area contributed by atoms with Crippen molar-refractivity contribution in [3.05, 3.63) is 35.8 Å². The molecule has 0 saturated carbocycles. The van der Waals surface area contributed by atoms with E-state index < -0.39 is 0 Å². The predicted octanol–water partition coefficient (Wildman–Crippen LogP) is 2.52. The van der Waals surface area contributed by atoms with Crippen LogP contribution < -0.4 is 10.6 Å². The van der Waals surface area contributed by atoms with Gasteiger partial charge in [0, 0.05) is 49.9 Å². The molecule has 0 radical (unpaired) electrons. The lowest BCUT2D eigenvalue weighted by atomic mass is 10.1. The van der Waals surface area contributed by atoms with Gasteiger partial charge in [-0.3, -0.25) is 9.89 Å². The number of nitrogens with one attached hydrogen (secondary N) is 3. The average Bonchev–Trinajstić information content (AvgIpc) is 3.31. The zero-order valence-electron chi connectivity index (χ0n) is 16.9. The number of methoxy groups -OCH3 is 1. The third-order valence-corrected chi connectivity index (χ3v) is 5.30. The first kappa shape index (κ1) is 20.6. The van der Waals surface area contributed by atoms with E-state index in [0.717, 1.165) is 68.2 Å². The Morgan fingerprint density at radius 2 is 2.29 bits per heavy atom. The fourth-order valence-corrected chi connectivity index (χ4v) is 3.82. The number of guanidine groups is 1. The molecule has 2 heterocycles. The second-order valence-corrected chi connectivity index (χ2v) is 7.23. The lowest BCUT2D eigenvalue weighted by Gasteiger charge is -2.23. The van der Waals surface area contributed by atoms with E-state index in [0.29, 0.717) is 6.04 Å². The Morgan fingerprint density at radius 3 is 3.11 bits per heavy atom. The number of likely N-dealkylation sites (tertiary alicyclic amines) is 1. The number of ether oxygens (including phenoxy) is 1. The van der Waals surface area contributed by atoms with E-state index >= 15 is 0 Å². The van der Waals surface area contributed by atoms with Crippen LogP contribution >= 0.6 is 0 Å². The number of aromatic amines is 1. The van der Waals surface area contributed by atoms with Crippen LogP contribution in [-0.4, -0.2) is 68.3 Å². The summed E-state index contributed by atoms with van der Waals surface area (Å²) in [4.78, 5) is 10.5. The van der Waals surface area contributed by atoms with Crippen molar-refractivity contribution in [3.8, 4) is 0 Å². The van der Waals surface area contributed by atoms with Crippen LogP contribution in [0.15, 0.2) is 29.4 Å². The van der Waals surface area contributed by atoms with Gasteiger partial charge in [-0.2, -0.15) is 0 Å². The monoisotopic (exact) mass is 389 g/mol. The highest BCUT2D eigenvalue weighted by Crippen LogP contribution is 2.19. The normalized spacial score (nSPS) is 18.1. The number of aliphatic imine (C=N–C) groups is 1. The molecule has 1 aromatic heterocycles. The number of halogens is 1. The van der Waals surface area contributed by atoms with Crippen LogP contribution in [0.25, 0.3) is 10.9 Å². The van der Waals surface area contributed by atoms with E-state index in [9.17, 15) is 4.39 Å². The minimum atomic E-state index is -0.203. The first-order chi connectivity index (χ1) is 13.7. The Bertz CT molecular complexity index is 775. The molecule has 1 atom stereocenters. The molecule has 3 rings (SSSR count). The largest absolute Gasteiger partial charge is 0.383 e. The molecule has 1 aliphatic heterocycles. The predicted molar refractivity (Wildman–Crippen MR) is 112 cm³/mol. The summed E-state index contributed by atoms with van der Waals surface area (Å²) in [6, 6.07) is 5.34. The number of benzene rings is 1. The van der Waals surface area contributed by atoms with Gasteiger partial charge in [0.15, 0.2) is 5.96 Å². The number of fused-ring (bicyclic) bond motifs is 1. The van der Waals surface area contributed by atoms with E-state index in [4.69, 9.17) is 9.73 Å². The minimum Gasteiger partial charge on any atom is -0.383 e. The third kappa shape index (κ3) is 5.45. The first-order valence-electron chi connectivity index (χ1n) is 10.2. The SMILES string of the molecule is CCNC(=NCC1CCCN1CCOC)NCCc1c[nH]c2ccc(F)cc12. The van der Waals surface area contributed by atoms with Gasteiger partial charge in [0.1, 0.15) is 5.82 Å². The van der Waals surface area contributed by atoms with Gasteiger partial charge >= 0.3 is 0 Å². The average molecular weight is 390 g/mol. The van der Waals surface area contributed by atoms with Crippen LogP contribution in [0.2, 0.25) is 0 Å². The summed E-state index contributed by atoms with van der Waals surface area (Å²) in [6.07, 6.45) is 5.18. The van der Waals surface area contributed by atoms with Crippen molar-refractivity contribution in [2.75, 3.05) is 46.4 Å². The van der Waals surface area contributed by atoms with Gasteiger partial charge in [-0.15, -0.1) is 0 Å². The first-order valence-corrected chi connectivity index (χ1v) is 10.2. The lowest BCUT2D eigenvalue weighted by molar-refractivity contribution is 0.142. The lowest BCUT2D eigenvalue weighted by Crippen LogP contribution is -2.40. The summed E-state index contributed by atoms with van der Waals surface area (Å²) in [6.45, 7) is 7.29. The van der Waals surface area contributed by atoms with Crippen molar-refractivity contribution in [2.45, 2.75) is 32.2 Å². The maximum atomic E-state index is 13.5. The fraction of sp³-hybridized carbons (Fsp3) is 0.571. The molecule has 0 spiro atoms. The zero-order valence-corrected chi connectivity index (χ0v) is 16.9. The van der Waals surface area contributed by atoms with E-state index in [-0.39, 0.29) is 5.82 Å². The second-order valence-electron chi connectivity index (χ2n) is 7.23. The molecule has 0 bridgehead atoms. The standard InChI is InChI=1S/C21H32FN5O/c1-3-23-21(26-15-18-5-4-10-27(18)11-12-28-2)24-9-8-16-14-25-20-7-6-17(22)13-19(16)20/h6-7,13-14,18,25H,3-5,8-12,15H2,1-2H3,(H2,23,24,26). The molecule has 2 aromatic rings. The van der Waals surface area contributed by atoms with Gasteiger partial charge in [-0.05, 0) is 56.5 Å². The summed E-state index contributed by atoms with van der Waals surface area (Å²) < 4.78 is 18.7. The van der Waals surface area contributed by atoms with Crippen molar-refractivity contribution in [1.82, 2.24) is 20.5 Å². The fourth-order valence-electron chi connectivity index (χ4n) is 3.82. The van der Waals surface area contributed by atoms with Gasteiger partial charge < -0.3 is 20.4 Å². The molecule has 1 unspecified atom stereocenters. The van der Waals surface area contributed by atoms with Crippen LogP contribution in [0.5, 0.6) is 0 Å². The van der Waals surface area contributed by atoms with Crippen LogP contribution in [0.1, 0.15) is 25.3 Å². The molecule has 28 heavy (non-hydrogen) atoms. The van der Waals surface area contributed by atoms with Crippen LogP contribution in [0.4, 0.5) is 4.39 Å². The Morgan fingerprint density at radius 1 is 1.39 bits per heavy atom. The zero-order chi connectivity index (χ0) is 19.8. The highest BCUT2D eigenvalue weighted by atomic mass is 19.1. The number of hydrogen-bond acceptors (Lipinski definition) is 3. The van der Waals surface area contributed by atoms with Gasteiger partial charge in [0.05, 0.1) is 13.2 Å².